The number of hydrogen-bond donors (Lipinski definition) is 1. The van der Waals surface area contributed by atoms with Gasteiger partial charge < -0.3 is 10.5 Å². The Hall–Kier alpha value is -1.86. The lowest BCUT2D eigenvalue weighted by atomic mass is 10.4. The first-order valence-electron chi connectivity index (χ1n) is 5.44. The topological polar surface area (TPSA) is 78.8 Å². The summed E-state index contributed by atoms with van der Waals surface area (Å²) in [4.78, 5) is 13.5. The predicted molar refractivity (Wildman–Crippen MR) is 74.7 cm³/mol. The van der Waals surface area contributed by atoms with Gasteiger partial charge in [0.25, 0.3) is 0 Å². The van der Waals surface area contributed by atoms with Crippen LogP contribution in [0.15, 0.2) is 18.5 Å². The molecule has 8 heteroatoms. The number of fused-ring (bicyclic) bond motifs is 1. The third-order valence-corrected chi connectivity index (χ3v) is 3.88. The second-order valence-electron chi connectivity index (χ2n) is 3.82. The van der Waals surface area contributed by atoms with Crippen molar-refractivity contribution in [3.8, 4) is 5.88 Å². The average Bonchev–Trinajstić information content (AvgIpc) is 2.94. The molecule has 0 unspecified atom stereocenters. The summed E-state index contributed by atoms with van der Waals surface area (Å²) in [5.74, 6) is 0.790. The average molecular weight is 296 g/mol. The van der Waals surface area contributed by atoms with Gasteiger partial charge in [0.1, 0.15) is 6.33 Å². The molecule has 98 valence electrons. The number of imidazole rings is 1. The Morgan fingerprint density at radius 2 is 2.26 bits per heavy atom. The van der Waals surface area contributed by atoms with Crippen molar-refractivity contribution in [1.82, 2.24) is 19.5 Å². The van der Waals surface area contributed by atoms with E-state index >= 15 is 0 Å². The number of nitrogens with two attached hydrogens (primary N) is 1. The quantitative estimate of drug-likeness (QED) is 0.801. The first kappa shape index (κ1) is 12.2. The molecule has 0 aliphatic heterocycles. The summed E-state index contributed by atoms with van der Waals surface area (Å²) in [6.45, 7) is 0.569. The second-order valence-corrected chi connectivity index (χ2v) is 5.62. The number of anilines is 1. The van der Waals surface area contributed by atoms with E-state index in [1.54, 1.807) is 0 Å². The van der Waals surface area contributed by atoms with Gasteiger partial charge >= 0.3 is 0 Å². The lowest BCUT2D eigenvalue weighted by molar-refractivity contribution is 0.401. The highest BCUT2D eigenvalue weighted by molar-refractivity contribution is 7.16. The summed E-state index contributed by atoms with van der Waals surface area (Å²) >= 11 is 7.42. The maximum Gasteiger partial charge on any atom is 0.245 e. The van der Waals surface area contributed by atoms with Gasteiger partial charge in [0.05, 0.1) is 18.0 Å². The maximum atomic E-state index is 5.93. The fourth-order valence-electron chi connectivity index (χ4n) is 1.83. The minimum Gasteiger partial charge on any atom is -0.479 e. The zero-order valence-electron chi connectivity index (χ0n) is 10.00. The molecule has 0 amide bonds. The van der Waals surface area contributed by atoms with Crippen molar-refractivity contribution in [3.05, 3.63) is 27.7 Å². The first-order chi connectivity index (χ1) is 9.19. The summed E-state index contributed by atoms with van der Waals surface area (Å²) in [5, 5.41) is 0. The number of methoxy groups -OCH3 is 1. The Morgan fingerprint density at radius 1 is 1.42 bits per heavy atom. The normalized spacial score (nSPS) is 11.1. The van der Waals surface area contributed by atoms with Crippen molar-refractivity contribution < 1.29 is 4.74 Å². The van der Waals surface area contributed by atoms with Gasteiger partial charge in [0.2, 0.25) is 11.8 Å². The third kappa shape index (κ3) is 2.11. The molecule has 2 N–H and O–H groups in total. The number of halogens is 1. The van der Waals surface area contributed by atoms with Crippen LogP contribution in [-0.4, -0.2) is 26.6 Å². The highest BCUT2D eigenvalue weighted by atomic mass is 35.5. The highest BCUT2D eigenvalue weighted by Crippen LogP contribution is 2.27. The van der Waals surface area contributed by atoms with Crippen molar-refractivity contribution in [2.24, 2.45) is 0 Å². The zero-order chi connectivity index (χ0) is 13.4. The van der Waals surface area contributed by atoms with E-state index in [9.17, 15) is 0 Å². The van der Waals surface area contributed by atoms with Gasteiger partial charge in [0.15, 0.2) is 11.2 Å². The van der Waals surface area contributed by atoms with E-state index in [1.807, 2.05) is 16.7 Å². The van der Waals surface area contributed by atoms with Crippen LogP contribution in [0.1, 0.15) is 4.88 Å². The number of hydrogen-bond acceptors (Lipinski definition) is 6. The van der Waals surface area contributed by atoms with Crippen LogP contribution in [0.5, 0.6) is 5.88 Å². The molecule has 3 rings (SSSR count). The van der Waals surface area contributed by atoms with Crippen LogP contribution in [0.4, 0.5) is 5.95 Å². The van der Waals surface area contributed by atoms with Gasteiger partial charge in [-0.3, -0.25) is 4.57 Å². The van der Waals surface area contributed by atoms with Crippen molar-refractivity contribution in [3.63, 3.8) is 0 Å². The molecule has 3 aromatic rings. The lowest BCUT2D eigenvalue weighted by Crippen LogP contribution is -2.04. The van der Waals surface area contributed by atoms with Gasteiger partial charge in [-0.1, -0.05) is 11.6 Å². The number of aromatic nitrogens is 4. The molecular formula is C11H10ClN5OS. The summed E-state index contributed by atoms with van der Waals surface area (Å²) in [6.07, 6.45) is 1.43. The van der Waals surface area contributed by atoms with Crippen molar-refractivity contribution >= 4 is 40.0 Å². The van der Waals surface area contributed by atoms with Crippen LogP contribution >= 0.6 is 22.9 Å². The van der Waals surface area contributed by atoms with E-state index in [0.717, 1.165) is 9.21 Å². The largest absolute Gasteiger partial charge is 0.479 e. The van der Waals surface area contributed by atoms with Crippen LogP contribution in [0.2, 0.25) is 4.34 Å². The Labute approximate surface area is 117 Å². The lowest BCUT2D eigenvalue weighted by Gasteiger charge is -2.03. The van der Waals surface area contributed by atoms with Crippen molar-refractivity contribution in [2.75, 3.05) is 12.8 Å². The molecule has 0 saturated carbocycles. The molecule has 0 aromatic carbocycles. The highest BCUT2D eigenvalue weighted by Gasteiger charge is 2.15. The molecular weight excluding hydrogens is 286 g/mol. The zero-order valence-corrected chi connectivity index (χ0v) is 11.6. The molecule has 0 aliphatic carbocycles. The molecule has 3 heterocycles. The summed E-state index contributed by atoms with van der Waals surface area (Å²) in [7, 11) is 1.54. The second kappa shape index (κ2) is 4.67. The number of rotatable bonds is 3. The smallest absolute Gasteiger partial charge is 0.245 e. The third-order valence-electron chi connectivity index (χ3n) is 2.66. The van der Waals surface area contributed by atoms with Crippen LogP contribution < -0.4 is 10.5 Å². The SMILES string of the molecule is COc1ncnc2c1nc(N)n2Cc1ccc(Cl)s1. The minimum atomic E-state index is 0.373. The Kier molecular flexibility index (Phi) is 3.00. The van der Waals surface area contributed by atoms with E-state index in [-0.39, 0.29) is 0 Å². The minimum absolute atomic E-state index is 0.373. The summed E-state index contributed by atoms with van der Waals surface area (Å²) in [6, 6.07) is 3.81. The van der Waals surface area contributed by atoms with Crippen LogP contribution in [-0.2, 0) is 6.54 Å². The first-order valence-corrected chi connectivity index (χ1v) is 6.63. The molecule has 0 aliphatic rings. The van der Waals surface area contributed by atoms with Crippen molar-refractivity contribution in [1.29, 1.82) is 0 Å². The summed E-state index contributed by atoms with van der Waals surface area (Å²) < 4.78 is 7.70. The molecule has 0 fully saturated rings. The van der Waals surface area contributed by atoms with Gasteiger partial charge in [-0.2, -0.15) is 4.98 Å². The Bertz CT molecular complexity index is 738. The van der Waals surface area contributed by atoms with Gasteiger partial charge in [-0.05, 0) is 12.1 Å². The molecule has 3 aromatic heterocycles. The maximum absolute atomic E-state index is 5.93. The Morgan fingerprint density at radius 3 is 2.95 bits per heavy atom. The number of nitrogen functional groups attached to an aromatic ring is 1. The molecule has 0 bridgehead atoms. The fraction of sp³-hybridized carbons (Fsp3) is 0.182. The number of ether oxygens (including phenoxy) is 1. The van der Waals surface area contributed by atoms with E-state index in [0.29, 0.717) is 29.5 Å². The van der Waals surface area contributed by atoms with Crippen LogP contribution in [0, 0.1) is 0 Å². The van der Waals surface area contributed by atoms with Gasteiger partial charge in [0, 0.05) is 4.88 Å². The standard InChI is InChI=1S/C11H10ClN5OS/c1-18-10-8-9(14-5-15-10)17(11(13)16-8)4-6-2-3-7(12)19-6/h2-3,5H,4H2,1H3,(H2,13,16). The van der Waals surface area contributed by atoms with E-state index in [4.69, 9.17) is 22.1 Å². The van der Waals surface area contributed by atoms with Crippen LogP contribution in [0.25, 0.3) is 11.2 Å². The van der Waals surface area contributed by atoms with E-state index < -0.39 is 0 Å². The van der Waals surface area contributed by atoms with E-state index in [1.165, 1.54) is 24.8 Å². The molecule has 0 saturated heterocycles. The van der Waals surface area contributed by atoms with Gasteiger partial charge in [-0.25, -0.2) is 9.97 Å². The monoisotopic (exact) mass is 295 g/mol. The molecule has 19 heavy (non-hydrogen) atoms. The molecule has 0 radical (unpaired) electrons. The fourth-order valence-corrected chi connectivity index (χ4v) is 2.91. The van der Waals surface area contributed by atoms with Gasteiger partial charge in [-0.15, -0.1) is 11.3 Å². The number of thiophene rings is 1. The molecule has 0 atom stereocenters. The molecule has 6 nitrogen and oxygen atoms in total. The summed E-state index contributed by atoms with van der Waals surface area (Å²) in [5.41, 5.74) is 7.14. The van der Waals surface area contributed by atoms with Crippen molar-refractivity contribution in [2.45, 2.75) is 6.54 Å². The number of nitrogens with zero attached hydrogens (tertiary/aromatic N) is 4. The van der Waals surface area contributed by atoms with Crippen LogP contribution in [0.3, 0.4) is 0 Å². The molecule has 0 spiro atoms. The van der Waals surface area contributed by atoms with E-state index in [2.05, 4.69) is 15.0 Å². The predicted octanol–water partition coefficient (Wildman–Crippen LogP) is 2.18. The Balaban J connectivity index is 2.10.